The van der Waals surface area contributed by atoms with Gasteiger partial charge >= 0.3 is 0 Å². The summed E-state index contributed by atoms with van der Waals surface area (Å²) in [5.74, 6) is 1.02. The Balaban J connectivity index is 0.00000172. The maximum Gasteiger partial charge on any atom is 0.0253 e. The molecule has 0 heterocycles. The van der Waals surface area contributed by atoms with Gasteiger partial charge in [-0.25, -0.2) is 0 Å². The van der Waals surface area contributed by atoms with Crippen molar-refractivity contribution in [2.24, 2.45) is 16.6 Å². The van der Waals surface area contributed by atoms with Gasteiger partial charge in [-0.1, -0.05) is 49.8 Å². The van der Waals surface area contributed by atoms with Crippen LogP contribution in [-0.2, 0) is 0 Å². The molecule has 0 saturated heterocycles. The number of nitrogens with zero attached hydrogens (tertiary/aromatic N) is 1. The molecule has 1 saturated carbocycles. The van der Waals surface area contributed by atoms with Crippen LogP contribution in [0.25, 0.3) is 0 Å². The van der Waals surface area contributed by atoms with E-state index < -0.39 is 0 Å². The molecule has 0 bridgehead atoms. The van der Waals surface area contributed by atoms with Gasteiger partial charge < -0.3 is 5.73 Å². The smallest absolute Gasteiger partial charge is 0.0253 e. The van der Waals surface area contributed by atoms with E-state index in [0.29, 0.717) is 0 Å². The predicted molar refractivity (Wildman–Crippen MR) is 92.2 cm³/mol. The zero-order chi connectivity index (χ0) is 15.1. The minimum absolute atomic E-state index is 1.02. The lowest BCUT2D eigenvalue weighted by Crippen LogP contribution is -2.05. The van der Waals surface area contributed by atoms with Gasteiger partial charge in [-0.3, -0.25) is 4.99 Å². The Morgan fingerprint density at radius 1 is 1.10 bits per heavy atom. The summed E-state index contributed by atoms with van der Waals surface area (Å²) in [5.41, 5.74) is 5.87. The average molecular weight is 278 g/mol. The van der Waals surface area contributed by atoms with Gasteiger partial charge in [-0.15, -0.1) is 0 Å². The fourth-order valence-electron chi connectivity index (χ4n) is 2.62. The number of allylic oxidation sites excluding steroid dienone is 3. The van der Waals surface area contributed by atoms with Crippen molar-refractivity contribution in [3.05, 3.63) is 23.9 Å². The van der Waals surface area contributed by atoms with E-state index in [2.05, 4.69) is 29.8 Å². The number of hydrogen-bond donors (Lipinski definition) is 1. The zero-order valence-corrected chi connectivity index (χ0v) is 13.8. The average Bonchev–Trinajstić information content (AvgIpc) is 2.51. The Labute approximate surface area is 126 Å². The Kier molecular flexibility index (Phi) is 13.9. The van der Waals surface area contributed by atoms with Gasteiger partial charge in [0.1, 0.15) is 0 Å². The maximum atomic E-state index is 4.50. The van der Waals surface area contributed by atoms with Crippen molar-refractivity contribution in [3.8, 4) is 0 Å². The molecule has 0 spiro atoms. The minimum atomic E-state index is 1.02. The van der Waals surface area contributed by atoms with Crippen molar-refractivity contribution in [1.29, 1.82) is 0 Å². The molecular weight excluding hydrogens is 244 g/mol. The zero-order valence-electron chi connectivity index (χ0n) is 13.8. The summed E-state index contributed by atoms with van der Waals surface area (Å²) in [7, 11) is 1.50. The molecule has 20 heavy (non-hydrogen) atoms. The molecule has 1 fully saturated rings. The summed E-state index contributed by atoms with van der Waals surface area (Å²) < 4.78 is 0. The Morgan fingerprint density at radius 3 is 2.40 bits per heavy atom. The van der Waals surface area contributed by atoms with Crippen LogP contribution in [0.3, 0.4) is 0 Å². The van der Waals surface area contributed by atoms with Gasteiger partial charge in [0.05, 0.1) is 0 Å². The van der Waals surface area contributed by atoms with Crippen molar-refractivity contribution in [3.63, 3.8) is 0 Å². The van der Waals surface area contributed by atoms with Crippen LogP contribution < -0.4 is 5.73 Å². The normalized spacial score (nSPS) is 17.5. The highest BCUT2D eigenvalue weighted by atomic mass is 14.7. The van der Waals surface area contributed by atoms with E-state index in [0.717, 1.165) is 18.8 Å². The van der Waals surface area contributed by atoms with Gasteiger partial charge in [-0.2, -0.15) is 0 Å². The highest BCUT2D eigenvalue weighted by Gasteiger charge is 2.11. The summed E-state index contributed by atoms with van der Waals surface area (Å²) in [6.07, 6.45) is 20.9. The molecule has 0 aromatic heterocycles. The largest absolute Gasteiger partial charge is 0.333 e. The predicted octanol–water partition coefficient (Wildman–Crippen LogP) is 5.25. The first-order valence-electron chi connectivity index (χ1n) is 8.19. The van der Waals surface area contributed by atoms with Gasteiger partial charge in [0, 0.05) is 12.4 Å². The molecule has 0 aromatic carbocycles. The first-order chi connectivity index (χ1) is 9.83. The fourth-order valence-corrected chi connectivity index (χ4v) is 2.62. The molecule has 0 aromatic rings. The minimum Gasteiger partial charge on any atom is -0.333 e. The summed E-state index contributed by atoms with van der Waals surface area (Å²) >= 11 is 0. The van der Waals surface area contributed by atoms with E-state index in [1.54, 1.807) is 0 Å². The lowest BCUT2D eigenvalue weighted by atomic mass is 9.86. The SMILES string of the molecule is CC=N/C=C(\C)CC/C=C\CCC1CCCCC1.CN. The molecule has 0 aliphatic heterocycles. The van der Waals surface area contributed by atoms with Crippen LogP contribution in [0.4, 0.5) is 0 Å². The third-order valence-electron chi connectivity index (χ3n) is 3.78. The van der Waals surface area contributed by atoms with E-state index in [9.17, 15) is 0 Å². The number of aliphatic imine (C=N–C) groups is 1. The summed E-state index contributed by atoms with van der Waals surface area (Å²) in [5, 5.41) is 0. The third-order valence-corrected chi connectivity index (χ3v) is 3.78. The van der Waals surface area contributed by atoms with Gasteiger partial charge in [-0.05, 0) is 52.5 Å². The lowest BCUT2D eigenvalue weighted by molar-refractivity contribution is 0.341. The van der Waals surface area contributed by atoms with Crippen molar-refractivity contribution < 1.29 is 0 Å². The molecule has 2 nitrogen and oxygen atoms in total. The van der Waals surface area contributed by atoms with E-state index in [4.69, 9.17) is 0 Å². The maximum absolute atomic E-state index is 4.50. The second kappa shape index (κ2) is 14.5. The van der Waals surface area contributed by atoms with E-state index >= 15 is 0 Å². The van der Waals surface area contributed by atoms with Gasteiger partial charge in [0.25, 0.3) is 0 Å². The van der Waals surface area contributed by atoms with E-state index in [-0.39, 0.29) is 0 Å². The van der Waals surface area contributed by atoms with Crippen molar-refractivity contribution in [2.75, 3.05) is 7.05 Å². The lowest BCUT2D eigenvalue weighted by Gasteiger charge is -2.20. The van der Waals surface area contributed by atoms with Crippen LogP contribution in [0, 0.1) is 5.92 Å². The van der Waals surface area contributed by atoms with E-state index in [1.165, 1.54) is 57.6 Å². The topological polar surface area (TPSA) is 38.4 Å². The molecule has 0 amide bonds. The second-order valence-electron chi connectivity index (χ2n) is 5.47. The molecule has 116 valence electrons. The van der Waals surface area contributed by atoms with Crippen LogP contribution in [0.1, 0.15) is 71.6 Å². The molecule has 1 aliphatic carbocycles. The summed E-state index contributed by atoms with van der Waals surface area (Å²) in [4.78, 5) is 4.14. The molecule has 1 aliphatic rings. The summed E-state index contributed by atoms with van der Waals surface area (Å²) in [6.45, 7) is 4.11. The first-order valence-corrected chi connectivity index (χ1v) is 8.19. The van der Waals surface area contributed by atoms with Crippen LogP contribution in [0.15, 0.2) is 28.9 Å². The van der Waals surface area contributed by atoms with Crippen molar-refractivity contribution in [2.45, 2.75) is 71.6 Å². The fraction of sp³-hybridized carbons (Fsp3) is 0.722. The number of hydrogen-bond acceptors (Lipinski definition) is 2. The highest BCUT2D eigenvalue weighted by Crippen LogP contribution is 2.27. The standard InChI is InChI=1S/C17H29N.CH5N/c1-3-18-15-16(2)11-7-4-5-8-12-17-13-9-6-10-14-17;1-2/h3-5,15,17H,6-14H2,1-2H3;2H2,1H3/b5-4-,16-15+,18-3?;. The van der Waals surface area contributed by atoms with Gasteiger partial charge in [0.2, 0.25) is 0 Å². The second-order valence-corrected chi connectivity index (χ2v) is 5.47. The van der Waals surface area contributed by atoms with Crippen LogP contribution >= 0.6 is 0 Å². The molecule has 0 radical (unpaired) electrons. The number of nitrogens with two attached hydrogens (primary N) is 1. The monoisotopic (exact) mass is 278 g/mol. The Bertz CT molecular complexity index is 284. The quantitative estimate of drug-likeness (QED) is 0.501. The Morgan fingerprint density at radius 2 is 1.75 bits per heavy atom. The van der Waals surface area contributed by atoms with Crippen molar-refractivity contribution in [1.82, 2.24) is 0 Å². The van der Waals surface area contributed by atoms with Crippen molar-refractivity contribution >= 4 is 6.21 Å². The molecule has 2 heteroatoms. The third kappa shape index (κ3) is 11.0. The van der Waals surface area contributed by atoms with Gasteiger partial charge in [0.15, 0.2) is 0 Å². The molecule has 2 N–H and O–H groups in total. The molecule has 0 atom stereocenters. The first kappa shape index (κ1) is 19.1. The Hall–Kier alpha value is -0.890. The molecule has 0 unspecified atom stereocenters. The highest BCUT2D eigenvalue weighted by molar-refractivity contribution is 5.54. The van der Waals surface area contributed by atoms with Crippen LogP contribution in [-0.4, -0.2) is 13.3 Å². The number of rotatable bonds is 7. The van der Waals surface area contributed by atoms with E-state index in [1.807, 2.05) is 19.3 Å². The summed E-state index contributed by atoms with van der Waals surface area (Å²) in [6, 6.07) is 0. The molecular formula is C18H34N2. The van der Waals surface area contributed by atoms with Crippen LogP contribution in [0.2, 0.25) is 0 Å². The van der Waals surface area contributed by atoms with Crippen LogP contribution in [0.5, 0.6) is 0 Å². The molecule has 1 rings (SSSR count).